The van der Waals surface area contributed by atoms with Crippen molar-refractivity contribution in [3.8, 4) is 0 Å². The molecule has 1 N–H and O–H groups in total. The van der Waals surface area contributed by atoms with Crippen molar-refractivity contribution in [2.75, 3.05) is 37.6 Å². The van der Waals surface area contributed by atoms with Crippen LogP contribution >= 0.6 is 11.6 Å². The fourth-order valence-corrected chi connectivity index (χ4v) is 3.15. The third-order valence-corrected chi connectivity index (χ3v) is 4.23. The summed E-state index contributed by atoms with van der Waals surface area (Å²) < 4.78 is 0. The van der Waals surface area contributed by atoms with Crippen LogP contribution in [0.3, 0.4) is 0 Å². The van der Waals surface area contributed by atoms with Crippen molar-refractivity contribution < 1.29 is 4.79 Å². The van der Waals surface area contributed by atoms with Crippen LogP contribution < -0.4 is 10.2 Å². The van der Waals surface area contributed by atoms with Gasteiger partial charge < -0.3 is 10.2 Å². The minimum atomic E-state index is 0.0263. The van der Waals surface area contributed by atoms with Gasteiger partial charge in [-0.1, -0.05) is 23.7 Å². The van der Waals surface area contributed by atoms with E-state index in [4.69, 9.17) is 11.6 Å². The number of hydrogen-bond acceptors (Lipinski definition) is 3. The molecular formula is C14H18ClN3O. The highest BCUT2D eigenvalue weighted by atomic mass is 35.5. The number of carbonyl (C=O) groups is 1. The van der Waals surface area contributed by atoms with E-state index in [0.717, 1.165) is 44.8 Å². The first-order valence-corrected chi connectivity index (χ1v) is 7.16. The monoisotopic (exact) mass is 279 g/mol. The van der Waals surface area contributed by atoms with Gasteiger partial charge in [-0.2, -0.15) is 0 Å². The van der Waals surface area contributed by atoms with Crippen molar-refractivity contribution in [1.29, 1.82) is 0 Å². The largest absolute Gasteiger partial charge is 0.314 e. The van der Waals surface area contributed by atoms with Crippen LogP contribution in [0.4, 0.5) is 5.69 Å². The summed E-state index contributed by atoms with van der Waals surface area (Å²) in [7, 11) is 0. The van der Waals surface area contributed by atoms with Gasteiger partial charge in [-0.25, -0.2) is 0 Å². The molecule has 0 saturated carbocycles. The first kappa shape index (κ1) is 12.9. The smallest absolute Gasteiger partial charge is 0.244 e. The highest BCUT2D eigenvalue weighted by molar-refractivity contribution is 6.33. The fraction of sp³-hybridized carbons (Fsp3) is 0.500. The number of carbonyl (C=O) groups excluding carboxylic acids is 1. The second-order valence-corrected chi connectivity index (χ2v) is 5.44. The Balaban J connectivity index is 1.76. The van der Waals surface area contributed by atoms with Crippen LogP contribution in [0.25, 0.3) is 0 Å². The average molecular weight is 280 g/mol. The van der Waals surface area contributed by atoms with Crippen molar-refractivity contribution in [3.63, 3.8) is 0 Å². The van der Waals surface area contributed by atoms with E-state index in [1.807, 2.05) is 29.2 Å². The molecule has 4 nitrogen and oxygen atoms in total. The van der Waals surface area contributed by atoms with E-state index in [1.165, 1.54) is 0 Å². The molecule has 1 aromatic rings. The van der Waals surface area contributed by atoms with Crippen LogP contribution in [0.1, 0.15) is 6.42 Å². The van der Waals surface area contributed by atoms with Crippen LogP contribution in [0.5, 0.6) is 0 Å². The van der Waals surface area contributed by atoms with E-state index in [-0.39, 0.29) is 11.9 Å². The van der Waals surface area contributed by atoms with Gasteiger partial charge in [0.05, 0.1) is 16.8 Å². The van der Waals surface area contributed by atoms with E-state index < -0.39 is 0 Å². The van der Waals surface area contributed by atoms with Gasteiger partial charge >= 0.3 is 0 Å². The Bertz CT molecular complexity index is 474. The predicted molar refractivity (Wildman–Crippen MR) is 76.7 cm³/mol. The molecule has 2 heterocycles. The van der Waals surface area contributed by atoms with Gasteiger partial charge in [-0.05, 0) is 18.6 Å². The summed E-state index contributed by atoms with van der Waals surface area (Å²) in [6, 6.07) is 7.59. The lowest BCUT2D eigenvalue weighted by molar-refractivity contribution is -0.121. The summed E-state index contributed by atoms with van der Waals surface area (Å²) in [5, 5.41) is 3.97. The Kier molecular flexibility index (Phi) is 3.73. The predicted octanol–water partition coefficient (Wildman–Crippen LogP) is 1.35. The maximum Gasteiger partial charge on any atom is 0.244 e. The van der Waals surface area contributed by atoms with Crippen molar-refractivity contribution in [2.45, 2.75) is 12.5 Å². The molecular weight excluding hydrogens is 262 g/mol. The molecule has 19 heavy (non-hydrogen) atoms. The van der Waals surface area contributed by atoms with E-state index in [1.54, 1.807) is 0 Å². The zero-order chi connectivity index (χ0) is 13.2. The van der Waals surface area contributed by atoms with Crippen LogP contribution in [0.15, 0.2) is 24.3 Å². The zero-order valence-corrected chi connectivity index (χ0v) is 11.6. The number of para-hydroxylation sites is 1. The number of benzene rings is 1. The third-order valence-electron chi connectivity index (χ3n) is 3.91. The molecule has 0 spiro atoms. The quantitative estimate of drug-likeness (QED) is 0.888. The average Bonchev–Trinajstić information content (AvgIpc) is 2.82. The number of anilines is 1. The Labute approximate surface area is 118 Å². The van der Waals surface area contributed by atoms with Gasteiger partial charge in [0.2, 0.25) is 5.91 Å². The molecule has 3 rings (SSSR count). The maximum absolute atomic E-state index is 12.6. The molecule has 5 heteroatoms. The lowest BCUT2D eigenvalue weighted by Crippen LogP contribution is -2.51. The highest BCUT2D eigenvalue weighted by Crippen LogP contribution is 2.30. The first-order chi connectivity index (χ1) is 9.27. The topological polar surface area (TPSA) is 35.6 Å². The molecule has 1 atom stereocenters. The van der Waals surface area contributed by atoms with Gasteiger partial charge in [-0.3, -0.25) is 9.69 Å². The second kappa shape index (κ2) is 5.49. The minimum absolute atomic E-state index is 0.0263. The van der Waals surface area contributed by atoms with E-state index in [9.17, 15) is 4.79 Å². The molecule has 2 saturated heterocycles. The fourth-order valence-electron chi connectivity index (χ4n) is 2.91. The van der Waals surface area contributed by atoms with Crippen molar-refractivity contribution in [3.05, 3.63) is 29.3 Å². The van der Waals surface area contributed by atoms with Gasteiger partial charge in [0.25, 0.3) is 0 Å². The van der Waals surface area contributed by atoms with Gasteiger partial charge in [-0.15, -0.1) is 0 Å². The Morgan fingerprint density at radius 2 is 1.89 bits per heavy atom. The molecule has 2 aliphatic rings. The molecule has 2 fully saturated rings. The minimum Gasteiger partial charge on any atom is -0.314 e. The van der Waals surface area contributed by atoms with Crippen LogP contribution in [0, 0.1) is 0 Å². The van der Waals surface area contributed by atoms with Crippen molar-refractivity contribution in [1.82, 2.24) is 10.2 Å². The number of piperazine rings is 1. The van der Waals surface area contributed by atoms with Crippen molar-refractivity contribution >= 4 is 23.2 Å². The zero-order valence-electron chi connectivity index (χ0n) is 10.8. The molecule has 1 aromatic carbocycles. The second-order valence-electron chi connectivity index (χ2n) is 5.03. The normalized spacial score (nSPS) is 25.0. The number of nitrogens with one attached hydrogen (secondary N) is 1. The van der Waals surface area contributed by atoms with E-state index >= 15 is 0 Å². The summed E-state index contributed by atoms with van der Waals surface area (Å²) in [5.41, 5.74) is 0.840. The van der Waals surface area contributed by atoms with Crippen molar-refractivity contribution in [2.24, 2.45) is 0 Å². The van der Waals surface area contributed by atoms with E-state index in [0.29, 0.717) is 5.02 Å². The Morgan fingerprint density at radius 1 is 1.16 bits per heavy atom. The number of amides is 1. The summed E-state index contributed by atoms with van der Waals surface area (Å²) in [6.45, 7) is 4.60. The van der Waals surface area contributed by atoms with E-state index in [2.05, 4.69) is 10.2 Å². The molecule has 0 radical (unpaired) electrons. The molecule has 0 aliphatic carbocycles. The summed E-state index contributed by atoms with van der Waals surface area (Å²) in [4.78, 5) is 16.7. The third kappa shape index (κ3) is 2.48. The van der Waals surface area contributed by atoms with Crippen LogP contribution in [-0.4, -0.2) is 49.6 Å². The van der Waals surface area contributed by atoms with Crippen LogP contribution in [-0.2, 0) is 4.79 Å². The summed E-state index contributed by atoms with van der Waals surface area (Å²) in [5.74, 6) is 0.190. The lowest BCUT2D eigenvalue weighted by Gasteiger charge is -2.31. The van der Waals surface area contributed by atoms with Gasteiger partial charge in [0, 0.05) is 32.7 Å². The molecule has 0 aromatic heterocycles. The molecule has 1 unspecified atom stereocenters. The number of hydrogen-bond donors (Lipinski definition) is 1. The molecule has 2 aliphatic heterocycles. The lowest BCUT2D eigenvalue weighted by atomic mass is 10.2. The van der Waals surface area contributed by atoms with Crippen LogP contribution in [0.2, 0.25) is 5.02 Å². The van der Waals surface area contributed by atoms with Gasteiger partial charge in [0.15, 0.2) is 0 Å². The highest BCUT2D eigenvalue weighted by Gasteiger charge is 2.37. The summed E-state index contributed by atoms with van der Waals surface area (Å²) in [6.07, 6.45) is 0.893. The Morgan fingerprint density at radius 3 is 2.63 bits per heavy atom. The number of rotatable bonds is 2. The Hall–Kier alpha value is -1.10. The maximum atomic E-state index is 12.6. The van der Waals surface area contributed by atoms with Gasteiger partial charge in [0.1, 0.15) is 0 Å². The molecule has 1 amide bonds. The number of halogens is 1. The SMILES string of the molecule is O=C1C(N2CCNCC2)CCN1c1ccccc1Cl. The number of nitrogens with zero attached hydrogens (tertiary/aromatic N) is 2. The molecule has 0 bridgehead atoms. The molecule has 102 valence electrons. The summed E-state index contributed by atoms with van der Waals surface area (Å²) >= 11 is 6.19. The first-order valence-electron chi connectivity index (χ1n) is 6.78. The standard InChI is InChI=1S/C14H18ClN3O/c15-11-3-1-2-4-12(11)18-8-5-13(14(18)19)17-9-6-16-7-10-17/h1-4,13,16H,5-10H2.